The summed E-state index contributed by atoms with van der Waals surface area (Å²) < 4.78 is 6.34. The number of thioether (sulfide) groups is 1. The number of aliphatic imine (C=N–C) groups is 1. The molecular formula is C21H19BrN2O4S. The molecule has 0 spiro atoms. The number of carbonyl (C=O) groups is 2. The van der Waals surface area contributed by atoms with E-state index in [0.29, 0.717) is 28.9 Å². The lowest BCUT2D eigenvalue weighted by Gasteiger charge is -2.12. The van der Waals surface area contributed by atoms with E-state index in [-0.39, 0.29) is 11.5 Å². The van der Waals surface area contributed by atoms with Gasteiger partial charge in [-0.2, -0.15) is 0 Å². The summed E-state index contributed by atoms with van der Waals surface area (Å²) in [6.45, 7) is 4.87. The van der Waals surface area contributed by atoms with Crippen molar-refractivity contribution in [1.82, 2.24) is 4.90 Å². The zero-order chi connectivity index (χ0) is 21.0. The van der Waals surface area contributed by atoms with E-state index in [1.54, 1.807) is 17.0 Å². The number of nitrogens with zero attached hydrogens (tertiary/aromatic N) is 2. The van der Waals surface area contributed by atoms with Gasteiger partial charge >= 0.3 is 5.97 Å². The quantitative estimate of drug-likeness (QED) is 0.584. The molecule has 150 valence electrons. The molecule has 0 saturated carbocycles. The largest absolute Gasteiger partial charge is 0.493 e. The average molecular weight is 475 g/mol. The molecule has 0 atom stereocenters. The summed E-state index contributed by atoms with van der Waals surface area (Å²) >= 11 is 4.78. The Hall–Kier alpha value is -2.58. The minimum absolute atomic E-state index is 0.108. The van der Waals surface area contributed by atoms with E-state index in [1.165, 1.54) is 23.9 Å². The Morgan fingerprint density at radius 2 is 1.97 bits per heavy atom. The molecule has 1 fully saturated rings. The first kappa shape index (κ1) is 21.1. The summed E-state index contributed by atoms with van der Waals surface area (Å²) in [5.41, 5.74) is 1.66. The predicted molar refractivity (Wildman–Crippen MR) is 119 cm³/mol. The SMILES string of the molecule is CCOc1ccc(/C=C2/SC(=Nc3ccc(C(=O)O)cc3)N(CC)C2=O)cc1Br. The van der Waals surface area contributed by atoms with Crippen molar-refractivity contribution in [2.75, 3.05) is 13.2 Å². The lowest BCUT2D eigenvalue weighted by atomic mass is 10.2. The van der Waals surface area contributed by atoms with Crippen LogP contribution in [0.15, 0.2) is 56.8 Å². The van der Waals surface area contributed by atoms with Gasteiger partial charge < -0.3 is 9.84 Å². The van der Waals surface area contributed by atoms with Crippen LogP contribution in [-0.4, -0.2) is 40.2 Å². The van der Waals surface area contributed by atoms with Crippen LogP contribution in [0.5, 0.6) is 5.75 Å². The molecule has 8 heteroatoms. The van der Waals surface area contributed by atoms with Gasteiger partial charge in [0.2, 0.25) is 0 Å². The van der Waals surface area contributed by atoms with Crippen LogP contribution in [0.4, 0.5) is 5.69 Å². The molecule has 1 saturated heterocycles. The number of halogens is 1. The smallest absolute Gasteiger partial charge is 0.335 e. The second-order valence-electron chi connectivity index (χ2n) is 6.03. The minimum atomic E-state index is -0.989. The second-order valence-corrected chi connectivity index (χ2v) is 7.89. The van der Waals surface area contributed by atoms with E-state index in [1.807, 2.05) is 38.1 Å². The van der Waals surface area contributed by atoms with Crippen molar-refractivity contribution in [3.8, 4) is 5.75 Å². The van der Waals surface area contributed by atoms with Gasteiger partial charge in [0.05, 0.1) is 27.2 Å². The topological polar surface area (TPSA) is 79.2 Å². The van der Waals surface area contributed by atoms with Crippen LogP contribution in [0, 0.1) is 0 Å². The van der Waals surface area contributed by atoms with E-state index in [2.05, 4.69) is 20.9 Å². The number of likely N-dealkylation sites (N-methyl/N-ethyl adjacent to an activating group) is 1. The summed E-state index contributed by atoms with van der Waals surface area (Å²) in [6, 6.07) is 11.9. The van der Waals surface area contributed by atoms with E-state index in [4.69, 9.17) is 9.84 Å². The van der Waals surface area contributed by atoms with Gasteiger partial charge in [0.1, 0.15) is 5.75 Å². The lowest BCUT2D eigenvalue weighted by molar-refractivity contribution is -0.122. The average Bonchev–Trinajstić information content (AvgIpc) is 2.98. The Bertz CT molecular complexity index is 1000. The van der Waals surface area contributed by atoms with E-state index < -0.39 is 5.97 Å². The maximum Gasteiger partial charge on any atom is 0.335 e. The number of aromatic carboxylic acids is 1. The highest BCUT2D eigenvalue weighted by Crippen LogP contribution is 2.35. The molecule has 0 unspecified atom stereocenters. The summed E-state index contributed by atoms with van der Waals surface area (Å²) in [7, 11) is 0. The zero-order valence-corrected chi connectivity index (χ0v) is 18.3. The second kappa shape index (κ2) is 9.28. The highest BCUT2D eigenvalue weighted by molar-refractivity contribution is 9.10. The van der Waals surface area contributed by atoms with E-state index in [0.717, 1.165) is 15.8 Å². The Labute approximate surface area is 181 Å². The van der Waals surface area contributed by atoms with Gasteiger partial charge in [0, 0.05) is 6.54 Å². The summed E-state index contributed by atoms with van der Waals surface area (Å²) in [5, 5.41) is 9.57. The fraction of sp³-hybridized carbons (Fsp3) is 0.190. The van der Waals surface area contributed by atoms with Crippen molar-refractivity contribution >= 4 is 56.5 Å². The van der Waals surface area contributed by atoms with Crippen LogP contribution in [0.2, 0.25) is 0 Å². The molecule has 29 heavy (non-hydrogen) atoms. The summed E-state index contributed by atoms with van der Waals surface area (Å²) in [4.78, 5) is 30.5. The fourth-order valence-corrected chi connectivity index (χ4v) is 4.26. The highest BCUT2D eigenvalue weighted by atomic mass is 79.9. The number of hydrogen-bond acceptors (Lipinski definition) is 5. The van der Waals surface area contributed by atoms with Crippen molar-refractivity contribution in [1.29, 1.82) is 0 Å². The van der Waals surface area contributed by atoms with Crippen LogP contribution in [-0.2, 0) is 4.79 Å². The molecule has 1 aliphatic rings. The first-order chi connectivity index (χ1) is 13.9. The van der Waals surface area contributed by atoms with Crippen molar-refractivity contribution in [2.24, 2.45) is 4.99 Å². The number of hydrogen-bond donors (Lipinski definition) is 1. The third-order valence-corrected chi connectivity index (χ3v) is 5.72. The number of carboxylic acid groups (broad SMARTS) is 1. The first-order valence-corrected chi connectivity index (χ1v) is 10.6. The number of amidine groups is 1. The molecule has 2 aromatic rings. The molecule has 1 N–H and O–H groups in total. The number of ether oxygens (including phenoxy) is 1. The molecule has 6 nitrogen and oxygen atoms in total. The van der Waals surface area contributed by atoms with E-state index >= 15 is 0 Å². The summed E-state index contributed by atoms with van der Waals surface area (Å²) in [6.07, 6.45) is 1.83. The maximum absolute atomic E-state index is 12.8. The number of amides is 1. The normalized spacial score (nSPS) is 16.7. The molecular weight excluding hydrogens is 456 g/mol. The van der Waals surface area contributed by atoms with E-state index in [9.17, 15) is 9.59 Å². The van der Waals surface area contributed by atoms with Gasteiger partial charge in [-0.1, -0.05) is 6.07 Å². The lowest BCUT2D eigenvalue weighted by Crippen LogP contribution is -2.28. The van der Waals surface area contributed by atoms with Crippen LogP contribution < -0.4 is 4.74 Å². The Morgan fingerprint density at radius 1 is 1.24 bits per heavy atom. The number of rotatable bonds is 6. The predicted octanol–water partition coefficient (Wildman–Crippen LogP) is 5.17. The van der Waals surface area contributed by atoms with Crippen molar-refractivity contribution in [3.63, 3.8) is 0 Å². The zero-order valence-electron chi connectivity index (χ0n) is 15.9. The molecule has 0 radical (unpaired) electrons. The van der Waals surface area contributed by atoms with Gasteiger partial charge in [-0.05, 0) is 89.6 Å². The van der Waals surface area contributed by atoms with Gasteiger partial charge in [-0.3, -0.25) is 9.69 Å². The minimum Gasteiger partial charge on any atom is -0.493 e. The van der Waals surface area contributed by atoms with Gasteiger partial charge in [-0.15, -0.1) is 0 Å². The monoisotopic (exact) mass is 474 g/mol. The number of benzene rings is 2. The number of carboxylic acids is 1. The van der Waals surface area contributed by atoms with Gasteiger partial charge in [0.15, 0.2) is 5.17 Å². The van der Waals surface area contributed by atoms with Crippen molar-refractivity contribution < 1.29 is 19.4 Å². The first-order valence-electron chi connectivity index (χ1n) is 8.98. The Kier molecular flexibility index (Phi) is 6.76. The summed E-state index contributed by atoms with van der Waals surface area (Å²) in [5.74, 6) is -0.345. The van der Waals surface area contributed by atoms with Crippen LogP contribution >= 0.6 is 27.7 Å². The van der Waals surface area contributed by atoms with Gasteiger partial charge in [0.25, 0.3) is 5.91 Å². The Morgan fingerprint density at radius 3 is 2.55 bits per heavy atom. The molecule has 2 aromatic carbocycles. The van der Waals surface area contributed by atoms with Crippen LogP contribution in [0.25, 0.3) is 6.08 Å². The fourth-order valence-electron chi connectivity index (χ4n) is 2.69. The van der Waals surface area contributed by atoms with Crippen molar-refractivity contribution in [2.45, 2.75) is 13.8 Å². The van der Waals surface area contributed by atoms with Gasteiger partial charge in [-0.25, -0.2) is 9.79 Å². The third-order valence-electron chi connectivity index (χ3n) is 4.10. The Balaban J connectivity index is 1.87. The molecule has 0 aromatic heterocycles. The molecule has 0 aliphatic carbocycles. The molecule has 0 bridgehead atoms. The number of carbonyl (C=O) groups excluding carboxylic acids is 1. The third kappa shape index (κ3) is 4.89. The molecule has 1 amide bonds. The van der Waals surface area contributed by atoms with Crippen LogP contribution in [0.1, 0.15) is 29.8 Å². The molecule has 1 aliphatic heterocycles. The standard InChI is InChI=1S/C21H19BrN2O4S/c1-3-24-19(25)18(12-13-5-10-17(28-4-2)16(22)11-13)29-21(24)23-15-8-6-14(7-9-15)20(26)27/h5-12H,3-4H2,1-2H3,(H,26,27)/b18-12+,23-21?. The van der Waals surface area contributed by atoms with Crippen LogP contribution in [0.3, 0.4) is 0 Å². The molecule has 3 rings (SSSR count). The maximum atomic E-state index is 12.8. The molecule has 1 heterocycles. The van der Waals surface area contributed by atoms with Crippen molar-refractivity contribution in [3.05, 3.63) is 63.0 Å². The highest BCUT2D eigenvalue weighted by Gasteiger charge is 2.32.